The van der Waals surface area contributed by atoms with Crippen molar-refractivity contribution in [1.29, 1.82) is 0 Å². The van der Waals surface area contributed by atoms with Crippen LogP contribution in [0.3, 0.4) is 0 Å². The minimum absolute atomic E-state index is 1.21. The molecular weight excluding hydrogens is 220 g/mol. The van der Waals surface area contributed by atoms with E-state index >= 15 is 0 Å². The lowest BCUT2D eigenvalue weighted by Crippen LogP contribution is -1.78. The highest BCUT2D eigenvalue weighted by Gasteiger charge is 1.85. The molecule has 18 heavy (non-hydrogen) atoms. The minimum Gasteiger partial charge on any atom is -0.264 e. The zero-order valence-corrected chi connectivity index (χ0v) is 12.1. The predicted molar refractivity (Wildman–Crippen MR) is 78.7 cm³/mol. The van der Waals surface area contributed by atoms with Gasteiger partial charge in [0.2, 0.25) is 0 Å². The normalized spacial score (nSPS) is 8.50. The summed E-state index contributed by atoms with van der Waals surface area (Å²) in [6, 6.07) is 5.96. The van der Waals surface area contributed by atoms with Crippen molar-refractivity contribution in [3.05, 3.63) is 59.7 Å². The van der Waals surface area contributed by atoms with Crippen molar-refractivity contribution >= 4 is 0 Å². The second-order valence-electron chi connectivity index (χ2n) is 4.20. The lowest BCUT2D eigenvalue weighted by atomic mass is 10.2. The number of rotatable bonds is 0. The molecule has 0 aliphatic heterocycles. The molecule has 0 aromatic carbocycles. The molecule has 2 aromatic heterocycles. The maximum absolute atomic E-state index is 3.95. The molecule has 2 nitrogen and oxygen atoms in total. The van der Waals surface area contributed by atoms with Crippen molar-refractivity contribution in [3.63, 3.8) is 0 Å². The molecule has 2 rings (SSSR count). The third-order valence-corrected chi connectivity index (χ3v) is 2.11. The topological polar surface area (TPSA) is 25.8 Å². The Balaban J connectivity index is 0.000000267. The van der Waals surface area contributed by atoms with Crippen LogP contribution in [0.15, 0.2) is 43.0 Å². The zero-order chi connectivity index (χ0) is 13.8. The standard InChI is InChI=1S/C7H9N.C6H7N.C3H8/c1-6-3-4-8-5-7(6)2;1-6-3-2-4-7-5-6;1-3-2/h3-5H,1-2H3;2-5H,1H3;3H2,1-2H3. The van der Waals surface area contributed by atoms with E-state index in [1.54, 1.807) is 6.20 Å². The first-order valence-corrected chi connectivity index (χ1v) is 6.35. The van der Waals surface area contributed by atoms with Crippen LogP contribution in [-0.2, 0) is 0 Å². The lowest BCUT2D eigenvalue weighted by Gasteiger charge is -1.92. The van der Waals surface area contributed by atoms with Gasteiger partial charge in [-0.1, -0.05) is 26.3 Å². The summed E-state index contributed by atoms with van der Waals surface area (Å²) < 4.78 is 0. The van der Waals surface area contributed by atoms with Gasteiger partial charge in [-0.15, -0.1) is 0 Å². The Labute approximate surface area is 111 Å². The second kappa shape index (κ2) is 10.5. The Morgan fingerprint density at radius 3 is 1.72 bits per heavy atom. The van der Waals surface area contributed by atoms with Crippen molar-refractivity contribution in [1.82, 2.24) is 9.97 Å². The molecule has 0 N–H and O–H groups in total. The summed E-state index contributed by atoms with van der Waals surface area (Å²) in [5.74, 6) is 0. The van der Waals surface area contributed by atoms with E-state index in [1.165, 1.54) is 23.1 Å². The summed E-state index contributed by atoms with van der Waals surface area (Å²) in [6.07, 6.45) is 8.53. The molecule has 0 fully saturated rings. The Bertz CT molecular complexity index is 389. The van der Waals surface area contributed by atoms with Crippen molar-refractivity contribution in [3.8, 4) is 0 Å². The SMILES string of the molecule is CCC.Cc1cccnc1.Cc1ccncc1C. The number of nitrogens with zero attached hydrogens (tertiary/aromatic N) is 2. The molecule has 0 saturated carbocycles. The first-order valence-electron chi connectivity index (χ1n) is 6.35. The molecule has 2 heterocycles. The average Bonchev–Trinajstić information content (AvgIpc) is 2.36. The van der Waals surface area contributed by atoms with Crippen LogP contribution in [0.5, 0.6) is 0 Å². The number of aryl methyl sites for hydroxylation is 3. The van der Waals surface area contributed by atoms with E-state index in [2.05, 4.69) is 37.7 Å². The van der Waals surface area contributed by atoms with Gasteiger partial charge in [-0.05, 0) is 49.6 Å². The molecule has 0 aliphatic rings. The van der Waals surface area contributed by atoms with E-state index < -0.39 is 0 Å². The van der Waals surface area contributed by atoms with Gasteiger partial charge < -0.3 is 0 Å². The van der Waals surface area contributed by atoms with Crippen molar-refractivity contribution < 1.29 is 0 Å². The van der Waals surface area contributed by atoms with Gasteiger partial charge >= 0.3 is 0 Å². The van der Waals surface area contributed by atoms with Gasteiger partial charge in [-0.3, -0.25) is 9.97 Å². The molecule has 0 saturated heterocycles. The summed E-state index contributed by atoms with van der Waals surface area (Å²) in [5, 5.41) is 0. The molecule has 2 heteroatoms. The van der Waals surface area contributed by atoms with Gasteiger partial charge in [0.1, 0.15) is 0 Å². The molecule has 0 spiro atoms. The van der Waals surface area contributed by atoms with Crippen molar-refractivity contribution in [2.24, 2.45) is 0 Å². The molecule has 0 bridgehead atoms. The largest absolute Gasteiger partial charge is 0.264 e. The highest BCUT2D eigenvalue weighted by atomic mass is 14.6. The molecule has 0 unspecified atom stereocenters. The third-order valence-electron chi connectivity index (χ3n) is 2.11. The molecular formula is C16H24N2. The number of hydrogen-bond acceptors (Lipinski definition) is 2. The van der Waals surface area contributed by atoms with Gasteiger partial charge in [0.15, 0.2) is 0 Å². The van der Waals surface area contributed by atoms with Crippen molar-refractivity contribution in [2.45, 2.75) is 41.0 Å². The Morgan fingerprint density at radius 1 is 0.833 bits per heavy atom. The van der Waals surface area contributed by atoms with Crippen LogP contribution in [0.1, 0.15) is 37.0 Å². The zero-order valence-electron chi connectivity index (χ0n) is 12.1. The average molecular weight is 244 g/mol. The molecule has 0 radical (unpaired) electrons. The Morgan fingerprint density at radius 2 is 1.44 bits per heavy atom. The van der Waals surface area contributed by atoms with E-state index in [-0.39, 0.29) is 0 Å². The van der Waals surface area contributed by atoms with Crippen LogP contribution in [0.25, 0.3) is 0 Å². The lowest BCUT2D eigenvalue weighted by molar-refractivity contribution is 1.09. The highest BCUT2D eigenvalue weighted by molar-refractivity contribution is 5.18. The number of pyridine rings is 2. The van der Waals surface area contributed by atoms with Crippen LogP contribution in [0, 0.1) is 20.8 Å². The predicted octanol–water partition coefficient (Wildman–Crippen LogP) is 4.50. The highest BCUT2D eigenvalue weighted by Crippen LogP contribution is 2.00. The summed E-state index contributed by atoms with van der Waals surface area (Å²) in [4.78, 5) is 7.83. The molecule has 0 amide bonds. The molecule has 0 aliphatic carbocycles. The van der Waals surface area contributed by atoms with Crippen LogP contribution in [0.2, 0.25) is 0 Å². The van der Waals surface area contributed by atoms with E-state index in [4.69, 9.17) is 0 Å². The fourth-order valence-electron chi connectivity index (χ4n) is 0.991. The van der Waals surface area contributed by atoms with Crippen LogP contribution in [0.4, 0.5) is 0 Å². The number of aromatic nitrogens is 2. The van der Waals surface area contributed by atoms with E-state index in [0.29, 0.717) is 0 Å². The van der Waals surface area contributed by atoms with Gasteiger partial charge in [-0.25, -0.2) is 0 Å². The maximum Gasteiger partial charge on any atom is 0.0299 e. The van der Waals surface area contributed by atoms with E-state index in [1.807, 2.05) is 43.7 Å². The van der Waals surface area contributed by atoms with E-state index in [9.17, 15) is 0 Å². The fourth-order valence-corrected chi connectivity index (χ4v) is 0.991. The maximum atomic E-state index is 3.95. The quantitative estimate of drug-likeness (QED) is 0.681. The van der Waals surface area contributed by atoms with Crippen LogP contribution >= 0.6 is 0 Å². The van der Waals surface area contributed by atoms with Gasteiger partial charge in [0.25, 0.3) is 0 Å². The first-order chi connectivity index (χ1) is 8.61. The first kappa shape index (κ1) is 16.3. The molecule has 0 atom stereocenters. The van der Waals surface area contributed by atoms with Crippen LogP contribution < -0.4 is 0 Å². The fraction of sp³-hybridized carbons (Fsp3) is 0.375. The smallest absolute Gasteiger partial charge is 0.0299 e. The molecule has 98 valence electrons. The Kier molecular flexibility index (Phi) is 9.47. The molecule has 2 aromatic rings. The van der Waals surface area contributed by atoms with Gasteiger partial charge in [-0.2, -0.15) is 0 Å². The second-order valence-corrected chi connectivity index (χ2v) is 4.20. The summed E-state index contributed by atoms with van der Waals surface area (Å²) in [6.45, 7) is 10.4. The van der Waals surface area contributed by atoms with Crippen LogP contribution in [-0.4, -0.2) is 9.97 Å². The van der Waals surface area contributed by atoms with Gasteiger partial charge in [0, 0.05) is 24.8 Å². The van der Waals surface area contributed by atoms with Crippen molar-refractivity contribution in [2.75, 3.05) is 0 Å². The van der Waals surface area contributed by atoms with Gasteiger partial charge in [0.05, 0.1) is 0 Å². The minimum atomic E-state index is 1.21. The number of hydrogen-bond donors (Lipinski definition) is 0. The monoisotopic (exact) mass is 244 g/mol. The third kappa shape index (κ3) is 8.45. The summed E-state index contributed by atoms with van der Waals surface area (Å²) >= 11 is 0. The van der Waals surface area contributed by atoms with E-state index in [0.717, 1.165) is 0 Å². The summed E-state index contributed by atoms with van der Waals surface area (Å²) in [7, 11) is 0. The Hall–Kier alpha value is -1.70. The summed E-state index contributed by atoms with van der Waals surface area (Å²) in [5.41, 5.74) is 3.77.